The van der Waals surface area contributed by atoms with Gasteiger partial charge in [0.2, 0.25) is 5.91 Å². The Labute approximate surface area is 171 Å². The summed E-state index contributed by atoms with van der Waals surface area (Å²) in [5.74, 6) is 0.131. The SMILES string of the molecule is C[C@@H]1OC2(CCN(CC(Cc3cscn3)C(=O)N(C)C)CC2)c2ccccc21. The van der Waals surface area contributed by atoms with Crippen molar-refractivity contribution in [1.29, 1.82) is 0 Å². The van der Waals surface area contributed by atoms with E-state index in [0.717, 1.165) is 38.2 Å². The van der Waals surface area contributed by atoms with E-state index in [1.165, 1.54) is 11.1 Å². The maximum atomic E-state index is 12.7. The molecule has 0 bridgehead atoms. The number of benzene rings is 1. The lowest BCUT2D eigenvalue weighted by molar-refractivity contribution is -0.134. The Kier molecular flexibility index (Phi) is 5.54. The lowest BCUT2D eigenvalue weighted by Gasteiger charge is -2.40. The molecule has 1 aromatic heterocycles. The molecule has 2 atom stereocenters. The Balaban J connectivity index is 1.43. The summed E-state index contributed by atoms with van der Waals surface area (Å²) in [5.41, 5.74) is 5.40. The van der Waals surface area contributed by atoms with Crippen molar-refractivity contribution in [2.75, 3.05) is 33.7 Å². The van der Waals surface area contributed by atoms with E-state index in [1.54, 1.807) is 16.2 Å². The zero-order chi connectivity index (χ0) is 19.7. The second-order valence-electron chi connectivity index (χ2n) is 8.26. The summed E-state index contributed by atoms with van der Waals surface area (Å²) in [5, 5.41) is 2.05. The summed E-state index contributed by atoms with van der Waals surface area (Å²) in [6.07, 6.45) is 2.83. The van der Waals surface area contributed by atoms with Crippen molar-refractivity contribution >= 4 is 17.2 Å². The number of hydrogen-bond acceptors (Lipinski definition) is 5. The minimum atomic E-state index is -0.150. The van der Waals surface area contributed by atoms with Gasteiger partial charge in [0.05, 0.1) is 28.8 Å². The van der Waals surface area contributed by atoms with Crippen LogP contribution < -0.4 is 0 Å². The van der Waals surface area contributed by atoms with Crippen molar-refractivity contribution in [1.82, 2.24) is 14.8 Å². The van der Waals surface area contributed by atoms with E-state index < -0.39 is 0 Å². The Bertz CT molecular complexity index is 813. The van der Waals surface area contributed by atoms with Crippen LogP contribution in [0.2, 0.25) is 0 Å². The van der Waals surface area contributed by atoms with Crippen molar-refractivity contribution in [3.05, 3.63) is 52.0 Å². The fourth-order valence-corrected chi connectivity index (χ4v) is 5.28. The number of fused-ring (bicyclic) bond motifs is 2. The van der Waals surface area contributed by atoms with Crippen LogP contribution in [0.1, 0.15) is 42.7 Å². The molecular formula is C22H29N3O2S. The minimum Gasteiger partial charge on any atom is -0.363 e. The molecule has 3 heterocycles. The quantitative estimate of drug-likeness (QED) is 0.772. The molecule has 0 saturated carbocycles. The van der Waals surface area contributed by atoms with Crippen LogP contribution in [0.4, 0.5) is 0 Å². The number of aromatic nitrogens is 1. The topological polar surface area (TPSA) is 45.7 Å². The third kappa shape index (κ3) is 3.73. The highest BCUT2D eigenvalue weighted by Crippen LogP contribution is 2.49. The molecular weight excluding hydrogens is 370 g/mol. The second kappa shape index (κ2) is 7.93. The number of thiazole rings is 1. The van der Waals surface area contributed by atoms with Crippen molar-refractivity contribution in [3.63, 3.8) is 0 Å². The van der Waals surface area contributed by atoms with Gasteiger partial charge in [-0.15, -0.1) is 11.3 Å². The van der Waals surface area contributed by atoms with Gasteiger partial charge in [-0.2, -0.15) is 0 Å². The van der Waals surface area contributed by atoms with Crippen LogP contribution in [0.15, 0.2) is 35.2 Å². The summed E-state index contributed by atoms with van der Waals surface area (Å²) in [4.78, 5) is 21.3. The average molecular weight is 400 g/mol. The van der Waals surface area contributed by atoms with E-state index in [1.807, 2.05) is 25.0 Å². The zero-order valence-corrected chi connectivity index (χ0v) is 17.7. The van der Waals surface area contributed by atoms with E-state index in [-0.39, 0.29) is 23.5 Å². The molecule has 4 rings (SSSR count). The molecule has 1 unspecified atom stereocenters. The Morgan fingerprint density at radius 2 is 2.11 bits per heavy atom. The number of piperidine rings is 1. The molecule has 1 spiro atoms. The molecule has 1 aromatic carbocycles. The molecule has 5 nitrogen and oxygen atoms in total. The number of likely N-dealkylation sites (tertiary alicyclic amines) is 1. The fourth-order valence-electron chi connectivity index (χ4n) is 4.71. The van der Waals surface area contributed by atoms with Crippen molar-refractivity contribution in [2.45, 2.75) is 37.9 Å². The highest BCUT2D eigenvalue weighted by Gasteiger charge is 2.45. The van der Waals surface area contributed by atoms with Gasteiger partial charge in [0.15, 0.2) is 0 Å². The zero-order valence-electron chi connectivity index (χ0n) is 16.9. The van der Waals surface area contributed by atoms with E-state index in [2.05, 4.69) is 41.1 Å². The summed E-state index contributed by atoms with van der Waals surface area (Å²) in [7, 11) is 3.68. The molecule has 28 heavy (non-hydrogen) atoms. The van der Waals surface area contributed by atoms with Gasteiger partial charge in [-0.3, -0.25) is 4.79 Å². The number of carbonyl (C=O) groups excluding carboxylic acids is 1. The molecule has 1 saturated heterocycles. The number of carbonyl (C=O) groups is 1. The minimum absolute atomic E-state index is 0.0538. The maximum Gasteiger partial charge on any atom is 0.226 e. The Morgan fingerprint density at radius 3 is 2.79 bits per heavy atom. The van der Waals surface area contributed by atoms with E-state index in [9.17, 15) is 4.79 Å². The number of nitrogens with zero attached hydrogens (tertiary/aromatic N) is 3. The van der Waals surface area contributed by atoms with Crippen LogP contribution in [0.25, 0.3) is 0 Å². The number of rotatable bonds is 5. The van der Waals surface area contributed by atoms with Gasteiger partial charge < -0.3 is 14.5 Å². The second-order valence-corrected chi connectivity index (χ2v) is 8.97. The summed E-state index contributed by atoms with van der Waals surface area (Å²) >= 11 is 1.59. The molecule has 6 heteroatoms. The van der Waals surface area contributed by atoms with Gasteiger partial charge in [-0.05, 0) is 30.9 Å². The summed E-state index contributed by atoms with van der Waals surface area (Å²) in [6.45, 7) is 4.84. The van der Waals surface area contributed by atoms with Crippen LogP contribution in [0.3, 0.4) is 0 Å². The van der Waals surface area contributed by atoms with Crippen LogP contribution in [-0.4, -0.2) is 54.4 Å². The Hall–Kier alpha value is -1.76. The van der Waals surface area contributed by atoms with Gasteiger partial charge in [0.25, 0.3) is 0 Å². The lowest BCUT2D eigenvalue weighted by Crippen LogP contribution is -2.46. The van der Waals surface area contributed by atoms with E-state index in [0.29, 0.717) is 6.42 Å². The van der Waals surface area contributed by atoms with Gasteiger partial charge in [-0.1, -0.05) is 24.3 Å². The molecule has 2 aliphatic rings. The van der Waals surface area contributed by atoms with E-state index >= 15 is 0 Å². The highest BCUT2D eigenvalue weighted by atomic mass is 32.1. The first-order chi connectivity index (χ1) is 13.5. The average Bonchev–Trinajstić information content (AvgIpc) is 3.30. The van der Waals surface area contributed by atoms with Crippen molar-refractivity contribution < 1.29 is 9.53 Å². The normalized spacial score (nSPS) is 22.2. The highest BCUT2D eigenvalue weighted by molar-refractivity contribution is 7.07. The van der Waals surface area contributed by atoms with Crippen LogP contribution in [0, 0.1) is 5.92 Å². The van der Waals surface area contributed by atoms with Gasteiger partial charge in [-0.25, -0.2) is 4.98 Å². The predicted molar refractivity (Wildman–Crippen MR) is 111 cm³/mol. The summed E-state index contributed by atoms with van der Waals surface area (Å²) in [6, 6.07) is 8.65. The first kappa shape index (κ1) is 19.6. The van der Waals surface area contributed by atoms with Crippen molar-refractivity contribution in [3.8, 4) is 0 Å². The van der Waals surface area contributed by atoms with Crippen LogP contribution in [-0.2, 0) is 21.6 Å². The Morgan fingerprint density at radius 1 is 1.36 bits per heavy atom. The maximum absolute atomic E-state index is 12.7. The molecule has 150 valence electrons. The third-order valence-electron chi connectivity index (χ3n) is 6.16. The van der Waals surface area contributed by atoms with E-state index in [4.69, 9.17) is 4.74 Å². The molecule has 1 amide bonds. The molecule has 2 aromatic rings. The molecule has 0 radical (unpaired) electrons. The lowest BCUT2D eigenvalue weighted by atomic mass is 9.83. The number of amides is 1. The molecule has 0 N–H and O–H groups in total. The first-order valence-corrected chi connectivity index (χ1v) is 11.0. The monoisotopic (exact) mass is 399 g/mol. The summed E-state index contributed by atoms with van der Waals surface area (Å²) < 4.78 is 6.47. The van der Waals surface area contributed by atoms with Gasteiger partial charge in [0, 0.05) is 45.5 Å². The number of ether oxygens (including phenoxy) is 1. The fraction of sp³-hybridized carbons (Fsp3) is 0.545. The first-order valence-electron chi connectivity index (χ1n) is 10.1. The predicted octanol–water partition coefficient (Wildman–Crippen LogP) is 3.47. The largest absolute Gasteiger partial charge is 0.363 e. The smallest absolute Gasteiger partial charge is 0.226 e. The molecule has 0 aliphatic carbocycles. The standard InChI is InChI=1S/C22H29N3O2S/c1-16-19-6-4-5-7-20(19)22(27-16)8-10-25(11-9-22)13-17(21(26)24(2)3)12-18-14-28-15-23-18/h4-7,14-17H,8-13H2,1-3H3/t16-,17?/m0/s1. The van der Waals surface area contributed by atoms with Crippen LogP contribution in [0.5, 0.6) is 0 Å². The third-order valence-corrected chi connectivity index (χ3v) is 6.80. The molecule has 1 fully saturated rings. The van der Waals surface area contributed by atoms with Gasteiger partial charge in [0.1, 0.15) is 0 Å². The van der Waals surface area contributed by atoms with Gasteiger partial charge >= 0.3 is 0 Å². The van der Waals surface area contributed by atoms with Crippen LogP contribution >= 0.6 is 11.3 Å². The van der Waals surface area contributed by atoms with Crippen molar-refractivity contribution in [2.24, 2.45) is 5.92 Å². The molecule has 2 aliphatic heterocycles. The number of hydrogen-bond donors (Lipinski definition) is 0.